The molecular formula is C26H32N2O2. The molecule has 2 aromatic rings. The fourth-order valence-electron chi connectivity index (χ4n) is 7.12. The number of benzene rings is 1. The van der Waals surface area contributed by atoms with Gasteiger partial charge in [-0.2, -0.15) is 0 Å². The summed E-state index contributed by atoms with van der Waals surface area (Å²) in [5, 5.41) is 3.85. The highest BCUT2D eigenvalue weighted by Gasteiger charge is 2.47. The highest BCUT2D eigenvalue weighted by molar-refractivity contribution is 5.98. The Morgan fingerprint density at radius 3 is 2.40 bits per heavy atom. The van der Waals surface area contributed by atoms with Gasteiger partial charge in [0.1, 0.15) is 12.4 Å². The fourth-order valence-corrected chi connectivity index (χ4v) is 7.12. The largest absolute Gasteiger partial charge is 0.492 e. The van der Waals surface area contributed by atoms with Crippen molar-refractivity contribution in [1.29, 1.82) is 0 Å². The third-order valence-corrected chi connectivity index (χ3v) is 8.20. The van der Waals surface area contributed by atoms with E-state index in [4.69, 9.17) is 4.74 Å². The van der Waals surface area contributed by atoms with Crippen molar-refractivity contribution < 1.29 is 9.53 Å². The van der Waals surface area contributed by atoms with E-state index in [-0.39, 0.29) is 5.78 Å². The maximum atomic E-state index is 12.1. The normalized spacial score (nSPS) is 31.7. The van der Waals surface area contributed by atoms with Crippen LogP contribution in [0.2, 0.25) is 0 Å². The van der Waals surface area contributed by atoms with Gasteiger partial charge in [0.05, 0.1) is 0 Å². The van der Waals surface area contributed by atoms with Crippen LogP contribution in [0.3, 0.4) is 0 Å². The highest BCUT2D eigenvalue weighted by atomic mass is 16.5. The number of hydrogen-bond acceptors (Lipinski definition) is 3. The lowest BCUT2D eigenvalue weighted by atomic mass is 9.54. The van der Waals surface area contributed by atoms with E-state index in [2.05, 4.69) is 34.1 Å². The summed E-state index contributed by atoms with van der Waals surface area (Å²) in [4.78, 5) is 12.1. The molecule has 4 fully saturated rings. The van der Waals surface area contributed by atoms with Gasteiger partial charge in [-0.1, -0.05) is 0 Å². The van der Waals surface area contributed by atoms with Crippen LogP contribution in [0.25, 0.3) is 5.69 Å². The predicted molar refractivity (Wildman–Crippen MR) is 117 cm³/mol. The lowest BCUT2D eigenvalue weighted by Gasteiger charge is -2.54. The second-order valence-electron chi connectivity index (χ2n) is 10.1. The van der Waals surface area contributed by atoms with E-state index in [1.807, 2.05) is 12.3 Å². The third-order valence-electron chi connectivity index (χ3n) is 8.20. The Hall–Kier alpha value is -2.07. The van der Waals surface area contributed by atoms with Crippen LogP contribution in [0.4, 0.5) is 0 Å². The Kier molecular flexibility index (Phi) is 4.71. The first-order chi connectivity index (χ1) is 14.7. The second-order valence-corrected chi connectivity index (χ2v) is 10.1. The van der Waals surface area contributed by atoms with Gasteiger partial charge in [-0.3, -0.25) is 4.79 Å². The first-order valence-corrected chi connectivity index (χ1v) is 11.9. The Morgan fingerprint density at radius 1 is 0.933 bits per heavy atom. The molecule has 4 bridgehead atoms. The molecule has 0 aliphatic heterocycles. The number of nitrogens with zero attached hydrogens (tertiary/aromatic N) is 1. The van der Waals surface area contributed by atoms with Gasteiger partial charge in [-0.25, -0.2) is 0 Å². The summed E-state index contributed by atoms with van der Waals surface area (Å²) in [6, 6.07) is 11.0. The molecule has 1 heterocycles. The SMILES string of the molecule is O=C1CCCc2c1ccn2-c1ccc(OCCNC2C3CC4CC(C3)CC2C4)cc1. The van der Waals surface area contributed by atoms with Crippen molar-refractivity contribution in [3.8, 4) is 11.4 Å². The smallest absolute Gasteiger partial charge is 0.164 e. The summed E-state index contributed by atoms with van der Waals surface area (Å²) < 4.78 is 8.18. The lowest BCUT2D eigenvalue weighted by molar-refractivity contribution is -0.0143. The van der Waals surface area contributed by atoms with Crippen molar-refractivity contribution in [2.75, 3.05) is 13.2 Å². The van der Waals surface area contributed by atoms with Crippen LogP contribution < -0.4 is 10.1 Å². The maximum Gasteiger partial charge on any atom is 0.164 e. The molecular weight excluding hydrogens is 372 g/mol. The number of aromatic nitrogens is 1. The van der Waals surface area contributed by atoms with Crippen molar-refractivity contribution in [2.45, 2.75) is 57.4 Å². The molecule has 1 N–H and O–H groups in total. The molecule has 4 nitrogen and oxygen atoms in total. The van der Waals surface area contributed by atoms with Crippen molar-refractivity contribution >= 4 is 5.78 Å². The number of carbonyl (C=O) groups excluding carboxylic acids is 1. The number of Topliss-reactive ketones (excluding diaryl/α,β-unsaturated/α-hetero) is 1. The Balaban J connectivity index is 1.03. The molecule has 30 heavy (non-hydrogen) atoms. The van der Waals surface area contributed by atoms with Gasteiger partial charge >= 0.3 is 0 Å². The standard InChI is InChI=1S/C26H32N2O2/c29-25-3-1-2-24-23(25)8-10-28(24)21-4-6-22(7-5-21)30-11-9-27-26-19-13-17-12-18(15-19)16-20(26)14-17/h4-8,10,17-20,26-27H,1-3,9,11-16H2. The van der Waals surface area contributed by atoms with Crippen LogP contribution in [0.1, 0.15) is 61.0 Å². The first-order valence-electron chi connectivity index (χ1n) is 11.9. The molecule has 5 aliphatic rings. The Labute approximate surface area is 179 Å². The minimum atomic E-state index is 0.279. The summed E-state index contributed by atoms with van der Waals surface area (Å²) >= 11 is 0. The van der Waals surface area contributed by atoms with E-state index in [9.17, 15) is 4.79 Å². The summed E-state index contributed by atoms with van der Waals surface area (Å²) in [7, 11) is 0. The second kappa shape index (κ2) is 7.56. The van der Waals surface area contributed by atoms with Gasteiger partial charge in [0.25, 0.3) is 0 Å². The van der Waals surface area contributed by atoms with Crippen LogP contribution in [-0.2, 0) is 6.42 Å². The van der Waals surface area contributed by atoms with Gasteiger partial charge in [-0.05, 0) is 98.9 Å². The Bertz CT molecular complexity index is 901. The topological polar surface area (TPSA) is 43.3 Å². The molecule has 0 atom stereocenters. The van der Waals surface area contributed by atoms with Crippen molar-refractivity contribution in [1.82, 2.24) is 9.88 Å². The number of hydrogen-bond donors (Lipinski definition) is 1. The van der Waals surface area contributed by atoms with Gasteiger partial charge < -0.3 is 14.6 Å². The number of ether oxygens (including phenoxy) is 1. The molecule has 0 amide bonds. The predicted octanol–water partition coefficient (Wildman–Crippen LogP) is 4.79. The van der Waals surface area contributed by atoms with Gasteiger partial charge in [-0.15, -0.1) is 0 Å². The van der Waals surface area contributed by atoms with Crippen LogP contribution in [0, 0.1) is 23.7 Å². The fraction of sp³-hybridized carbons (Fsp3) is 0.577. The van der Waals surface area contributed by atoms with Crippen LogP contribution in [0.15, 0.2) is 36.5 Å². The minimum absolute atomic E-state index is 0.279. The van der Waals surface area contributed by atoms with E-state index in [0.29, 0.717) is 6.42 Å². The monoisotopic (exact) mass is 404 g/mol. The average molecular weight is 405 g/mol. The van der Waals surface area contributed by atoms with Crippen molar-refractivity contribution in [3.05, 3.63) is 47.8 Å². The number of nitrogens with one attached hydrogen (secondary N) is 1. The Morgan fingerprint density at radius 2 is 1.67 bits per heavy atom. The average Bonchev–Trinajstić information content (AvgIpc) is 3.18. The lowest BCUT2D eigenvalue weighted by Crippen LogP contribution is -2.55. The zero-order chi connectivity index (χ0) is 20.1. The maximum absolute atomic E-state index is 12.1. The molecule has 0 spiro atoms. The molecule has 0 unspecified atom stereocenters. The van der Waals surface area contributed by atoms with Gasteiger partial charge in [0, 0.05) is 42.1 Å². The van der Waals surface area contributed by atoms with Gasteiger partial charge in [0.15, 0.2) is 5.78 Å². The number of carbonyl (C=O) groups is 1. The molecule has 158 valence electrons. The zero-order valence-electron chi connectivity index (χ0n) is 17.7. The molecule has 1 aromatic heterocycles. The molecule has 1 aromatic carbocycles. The first kappa shape index (κ1) is 18.7. The number of rotatable bonds is 6. The van der Waals surface area contributed by atoms with E-state index in [0.717, 1.165) is 78.4 Å². The van der Waals surface area contributed by atoms with E-state index in [1.165, 1.54) is 32.1 Å². The molecule has 0 saturated heterocycles. The molecule has 4 saturated carbocycles. The summed E-state index contributed by atoms with van der Waals surface area (Å²) in [5.74, 6) is 5.10. The number of ketones is 1. The molecule has 4 heteroatoms. The molecule has 5 aliphatic carbocycles. The van der Waals surface area contributed by atoms with Crippen LogP contribution >= 0.6 is 0 Å². The minimum Gasteiger partial charge on any atom is -0.492 e. The molecule has 7 rings (SSSR count). The third kappa shape index (κ3) is 3.30. The highest BCUT2D eigenvalue weighted by Crippen LogP contribution is 2.53. The van der Waals surface area contributed by atoms with E-state index < -0.39 is 0 Å². The summed E-state index contributed by atoms with van der Waals surface area (Å²) in [6.07, 6.45) is 12.0. The van der Waals surface area contributed by atoms with Crippen molar-refractivity contribution in [3.63, 3.8) is 0 Å². The van der Waals surface area contributed by atoms with Crippen LogP contribution in [0.5, 0.6) is 5.75 Å². The number of fused-ring (bicyclic) bond motifs is 1. The van der Waals surface area contributed by atoms with Crippen LogP contribution in [-0.4, -0.2) is 29.5 Å². The van der Waals surface area contributed by atoms with Gasteiger partial charge in [0.2, 0.25) is 0 Å². The van der Waals surface area contributed by atoms with Crippen molar-refractivity contribution in [2.24, 2.45) is 23.7 Å². The molecule has 0 radical (unpaired) electrons. The quantitative estimate of drug-likeness (QED) is 0.704. The zero-order valence-corrected chi connectivity index (χ0v) is 17.7. The van der Waals surface area contributed by atoms with E-state index in [1.54, 1.807) is 0 Å². The van der Waals surface area contributed by atoms with E-state index >= 15 is 0 Å². The summed E-state index contributed by atoms with van der Waals surface area (Å²) in [5.41, 5.74) is 3.15. The summed E-state index contributed by atoms with van der Waals surface area (Å²) in [6.45, 7) is 1.65.